The zero-order chi connectivity index (χ0) is 17.8. The van der Waals surface area contributed by atoms with E-state index in [0.717, 1.165) is 4.90 Å². The van der Waals surface area contributed by atoms with Gasteiger partial charge in [0.25, 0.3) is 11.8 Å². The highest BCUT2D eigenvalue weighted by molar-refractivity contribution is 6.30. The number of furan rings is 1. The van der Waals surface area contributed by atoms with Crippen molar-refractivity contribution in [3.8, 4) is 5.75 Å². The van der Waals surface area contributed by atoms with Crippen molar-refractivity contribution in [2.75, 3.05) is 6.61 Å². The molecule has 0 atom stereocenters. The van der Waals surface area contributed by atoms with Gasteiger partial charge in [-0.1, -0.05) is 12.1 Å². The van der Waals surface area contributed by atoms with Crippen LogP contribution >= 0.6 is 0 Å². The molecule has 25 heavy (non-hydrogen) atoms. The van der Waals surface area contributed by atoms with Gasteiger partial charge in [-0.15, -0.1) is 0 Å². The van der Waals surface area contributed by atoms with E-state index in [-0.39, 0.29) is 12.1 Å². The maximum Gasteiger partial charge on any atom is 0.331 e. The summed E-state index contributed by atoms with van der Waals surface area (Å²) in [6.07, 6.45) is 2.89. The summed E-state index contributed by atoms with van der Waals surface area (Å²) < 4.78 is 10.5. The maximum atomic E-state index is 12.6. The molecule has 1 aliphatic rings. The van der Waals surface area contributed by atoms with Crippen molar-refractivity contribution in [3.05, 3.63) is 59.6 Å². The van der Waals surface area contributed by atoms with E-state index in [9.17, 15) is 14.4 Å². The molecule has 0 radical (unpaired) electrons. The third-order valence-electron chi connectivity index (χ3n) is 3.58. The summed E-state index contributed by atoms with van der Waals surface area (Å²) in [4.78, 5) is 37.5. The van der Waals surface area contributed by atoms with Crippen LogP contribution in [0.2, 0.25) is 0 Å². The number of urea groups is 1. The van der Waals surface area contributed by atoms with Crippen LogP contribution in [0.4, 0.5) is 4.79 Å². The Bertz CT molecular complexity index is 822. The van der Waals surface area contributed by atoms with Gasteiger partial charge in [-0.05, 0) is 42.8 Å². The molecule has 1 aromatic carbocycles. The fraction of sp³-hybridized carbons (Fsp3) is 0.167. The lowest BCUT2D eigenvalue weighted by atomic mass is 10.1. The van der Waals surface area contributed by atoms with E-state index in [4.69, 9.17) is 9.15 Å². The van der Waals surface area contributed by atoms with Gasteiger partial charge in [0, 0.05) is 0 Å². The minimum absolute atomic E-state index is 0.0500. The Labute approximate surface area is 143 Å². The van der Waals surface area contributed by atoms with Crippen molar-refractivity contribution in [1.82, 2.24) is 10.2 Å². The summed E-state index contributed by atoms with van der Waals surface area (Å²) in [6, 6.07) is 9.48. The predicted molar refractivity (Wildman–Crippen MR) is 88.4 cm³/mol. The molecule has 0 saturated carbocycles. The Balaban J connectivity index is 1.84. The van der Waals surface area contributed by atoms with Crippen molar-refractivity contribution < 1.29 is 23.5 Å². The summed E-state index contributed by atoms with van der Waals surface area (Å²) in [5.74, 6) is -0.254. The Morgan fingerprint density at radius 2 is 1.92 bits per heavy atom. The smallest absolute Gasteiger partial charge is 0.331 e. The summed E-state index contributed by atoms with van der Waals surface area (Å²) >= 11 is 0. The number of ether oxygens (including phenoxy) is 1. The topological polar surface area (TPSA) is 88.8 Å². The van der Waals surface area contributed by atoms with Crippen molar-refractivity contribution in [2.24, 2.45) is 0 Å². The number of imide groups is 2. The number of carbonyl (C=O) groups is 3. The van der Waals surface area contributed by atoms with Gasteiger partial charge in [-0.3, -0.25) is 19.8 Å². The SMILES string of the molecule is CCOc1ccc(C=C2C(=O)NC(=O)N(Cc3ccco3)C2=O)cc1. The monoisotopic (exact) mass is 340 g/mol. The molecule has 1 aromatic heterocycles. The molecule has 0 unspecified atom stereocenters. The van der Waals surface area contributed by atoms with Crippen molar-refractivity contribution >= 4 is 23.9 Å². The van der Waals surface area contributed by atoms with E-state index >= 15 is 0 Å². The second-order valence-electron chi connectivity index (χ2n) is 5.29. The second kappa shape index (κ2) is 7.04. The van der Waals surface area contributed by atoms with Gasteiger partial charge < -0.3 is 9.15 Å². The molecule has 4 amide bonds. The molecule has 2 aromatic rings. The van der Waals surface area contributed by atoms with Crippen LogP contribution in [-0.2, 0) is 16.1 Å². The molecule has 1 aliphatic heterocycles. The first-order valence-corrected chi connectivity index (χ1v) is 7.72. The molecule has 0 spiro atoms. The molecule has 1 N–H and O–H groups in total. The highest BCUT2D eigenvalue weighted by Gasteiger charge is 2.36. The van der Waals surface area contributed by atoms with Gasteiger partial charge in [0.1, 0.15) is 17.1 Å². The molecule has 0 aliphatic carbocycles. The molecule has 3 rings (SSSR count). The number of rotatable bonds is 5. The normalized spacial score (nSPS) is 16.3. The van der Waals surface area contributed by atoms with Crippen LogP contribution in [0.15, 0.2) is 52.7 Å². The number of benzene rings is 1. The van der Waals surface area contributed by atoms with Gasteiger partial charge in [-0.2, -0.15) is 0 Å². The van der Waals surface area contributed by atoms with Crippen LogP contribution < -0.4 is 10.1 Å². The fourth-order valence-corrected chi connectivity index (χ4v) is 2.39. The van der Waals surface area contributed by atoms with Crippen molar-refractivity contribution in [2.45, 2.75) is 13.5 Å². The van der Waals surface area contributed by atoms with Gasteiger partial charge >= 0.3 is 6.03 Å². The fourth-order valence-electron chi connectivity index (χ4n) is 2.39. The van der Waals surface area contributed by atoms with E-state index in [1.54, 1.807) is 36.4 Å². The lowest BCUT2D eigenvalue weighted by Crippen LogP contribution is -2.53. The molecule has 7 nitrogen and oxygen atoms in total. The molecule has 1 saturated heterocycles. The standard InChI is InChI=1S/C18H16N2O5/c1-2-24-13-7-5-12(6-8-13)10-15-16(21)19-18(23)20(17(15)22)11-14-4-3-9-25-14/h3-10H,2,11H2,1H3,(H,19,21,23). The van der Waals surface area contributed by atoms with Gasteiger partial charge in [0.2, 0.25) is 0 Å². The summed E-state index contributed by atoms with van der Waals surface area (Å²) in [7, 11) is 0. The molecular weight excluding hydrogens is 324 g/mol. The molecule has 2 heterocycles. The van der Waals surface area contributed by atoms with Crippen LogP contribution in [0, 0.1) is 0 Å². The summed E-state index contributed by atoms with van der Waals surface area (Å²) in [6.45, 7) is 2.38. The first kappa shape index (κ1) is 16.5. The Hall–Kier alpha value is -3.35. The first-order chi connectivity index (χ1) is 12.1. The third kappa shape index (κ3) is 3.60. The number of nitrogens with one attached hydrogen (secondary N) is 1. The van der Waals surface area contributed by atoms with Gasteiger partial charge in [-0.25, -0.2) is 4.79 Å². The maximum absolute atomic E-state index is 12.6. The van der Waals surface area contributed by atoms with Gasteiger partial charge in [0.05, 0.1) is 19.4 Å². The average molecular weight is 340 g/mol. The summed E-state index contributed by atoms with van der Waals surface area (Å²) in [5, 5.41) is 2.17. The van der Waals surface area contributed by atoms with E-state index < -0.39 is 17.8 Å². The average Bonchev–Trinajstić information content (AvgIpc) is 3.10. The van der Waals surface area contributed by atoms with E-state index in [1.165, 1.54) is 12.3 Å². The third-order valence-corrected chi connectivity index (χ3v) is 3.58. The molecule has 0 bridgehead atoms. The van der Waals surface area contributed by atoms with Gasteiger partial charge in [0.15, 0.2) is 0 Å². The number of hydrogen-bond acceptors (Lipinski definition) is 5. The lowest BCUT2D eigenvalue weighted by Gasteiger charge is -2.25. The molecule has 1 fully saturated rings. The highest BCUT2D eigenvalue weighted by atomic mass is 16.5. The van der Waals surface area contributed by atoms with Crippen molar-refractivity contribution in [3.63, 3.8) is 0 Å². The Morgan fingerprint density at radius 3 is 2.56 bits per heavy atom. The zero-order valence-corrected chi connectivity index (χ0v) is 13.5. The van der Waals surface area contributed by atoms with E-state index in [2.05, 4.69) is 5.32 Å². The molecule has 7 heteroatoms. The van der Waals surface area contributed by atoms with Crippen molar-refractivity contribution in [1.29, 1.82) is 0 Å². The van der Waals surface area contributed by atoms with Crippen LogP contribution in [0.25, 0.3) is 6.08 Å². The van der Waals surface area contributed by atoms with E-state index in [0.29, 0.717) is 23.7 Å². The Kier molecular flexibility index (Phi) is 4.65. The van der Waals surface area contributed by atoms with Crippen LogP contribution in [0.3, 0.4) is 0 Å². The highest BCUT2D eigenvalue weighted by Crippen LogP contribution is 2.19. The molecular formula is C18H16N2O5. The summed E-state index contributed by atoms with van der Waals surface area (Å²) in [5.41, 5.74) is 0.532. The van der Waals surface area contributed by atoms with E-state index in [1.807, 2.05) is 6.92 Å². The Morgan fingerprint density at radius 1 is 1.16 bits per heavy atom. The lowest BCUT2D eigenvalue weighted by molar-refractivity contribution is -0.130. The number of nitrogens with zero attached hydrogens (tertiary/aromatic N) is 1. The zero-order valence-electron chi connectivity index (χ0n) is 13.5. The first-order valence-electron chi connectivity index (χ1n) is 7.72. The van der Waals surface area contributed by atoms with Crippen LogP contribution in [0.1, 0.15) is 18.2 Å². The number of carbonyl (C=O) groups excluding carboxylic acids is 3. The van der Waals surface area contributed by atoms with Crippen LogP contribution in [-0.4, -0.2) is 29.4 Å². The minimum Gasteiger partial charge on any atom is -0.494 e. The number of amides is 4. The number of hydrogen-bond donors (Lipinski definition) is 1. The predicted octanol–water partition coefficient (Wildman–Crippen LogP) is 2.34. The number of barbiturate groups is 1. The minimum atomic E-state index is -0.768. The quantitative estimate of drug-likeness (QED) is 0.667. The second-order valence-corrected chi connectivity index (χ2v) is 5.29. The largest absolute Gasteiger partial charge is 0.494 e. The molecule has 128 valence electrons. The van der Waals surface area contributed by atoms with Crippen LogP contribution in [0.5, 0.6) is 5.75 Å².